The number of fused-ring (bicyclic) bond motifs is 2. The zero-order chi connectivity index (χ0) is 16.0. The molecule has 3 aromatic carbocycles. The minimum atomic E-state index is -0.973. The van der Waals surface area contributed by atoms with Crippen LogP contribution < -0.4 is 0 Å². The number of carbonyl (C=O) groups is 1. The van der Waals surface area contributed by atoms with Crippen LogP contribution in [0.1, 0.15) is 32.6 Å². The van der Waals surface area contributed by atoms with E-state index in [1.807, 2.05) is 72.8 Å². The minimum absolute atomic E-state index is 0.000437. The number of hydrogen-bond donors (Lipinski definition) is 0. The van der Waals surface area contributed by atoms with Crippen LogP contribution in [0.5, 0.6) is 0 Å². The summed E-state index contributed by atoms with van der Waals surface area (Å²) in [6.45, 7) is 0. The van der Waals surface area contributed by atoms with E-state index in [0.717, 1.165) is 16.7 Å². The van der Waals surface area contributed by atoms with E-state index in [-0.39, 0.29) is 5.78 Å². The first-order valence-electron chi connectivity index (χ1n) is 7.31. The fraction of sp³-hybridized carbons (Fsp3) is 0.0500. The Balaban J connectivity index is 2.14. The number of rotatable bonds is 1. The normalized spacial score (nSPS) is 15.0. The summed E-state index contributed by atoms with van der Waals surface area (Å²) in [6, 6.07) is 22.5. The number of carbonyl (C=O) groups excluding carboxylic acids is 1. The van der Waals surface area contributed by atoms with E-state index in [1.54, 1.807) is 0 Å². The van der Waals surface area contributed by atoms with Gasteiger partial charge in [-0.3, -0.25) is 4.79 Å². The molecule has 1 aliphatic rings. The Morgan fingerprint density at radius 1 is 0.652 bits per heavy atom. The van der Waals surface area contributed by atoms with E-state index in [0.29, 0.717) is 16.1 Å². The maximum atomic E-state index is 12.8. The lowest BCUT2D eigenvalue weighted by atomic mass is 9.73. The van der Waals surface area contributed by atoms with Gasteiger partial charge in [-0.1, -0.05) is 78.3 Å². The van der Waals surface area contributed by atoms with Gasteiger partial charge in [0.1, 0.15) is 4.87 Å². The van der Waals surface area contributed by atoms with Crippen molar-refractivity contribution in [2.45, 2.75) is 4.87 Å². The van der Waals surface area contributed by atoms with Gasteiger partial charge in [0, 0.05) is 21.7 Å². The van der Waals surface area contributed by atoms with Gasteiger partial charge in [-0.2, -0.15) is 0 Å². The lowest BCUT2D eigenvalue weighted by Crippen LogP contribution is -2.32. The Bertz CT molecular complexity index is 881. The molecule has 112 valence electrons. The highest BCUT2D eigenvalue weighted by atomic mass is 35.5. The zero-order valence-corrected chi connectivity index (χ0v) is 13.6. The molecule has 0 radical (unpaired) electrons. The molecule has 1 aliphatic carbocycles. The molecule has 0 saturated carbocycles. The van der Waals surface area contributed by atoms with Crippen molar-refractivity contribution in [1.29, 1.82) is 0 Å². The zero-order valence-electron chi connectivity index (χ0n) is 12.1. The second-order valence-electron chi connectivity index (χ2n) is 5.56. The Hall–Kier alpha value is -2.09. The number of alkyl halides is 1. The van der Waals surface area contributed by atoms with Crippen molar-refractivity contribution in [3.63, 3.8) is 0 Å². The van der Waals surface area contributed by atoms with E-state index < -0.39 is 4.87 Å². The van der Waals surface area contributed by atoms with Crippen LogP contribution in [0, 0.1) is 0 Å². The summed E-state index contributed by atoms with van der Waals surface area (Å²) in [5.41, 5.74) is 3.59. The number of hydrogen-bond acceptors (Lipinski definition) is 1. The molecular weight excluding hydrogens is 327 g/mol. The van der Waals surface area contributed by atoms with Crippen LogP contribution in [0.3, 0.4) is 0 Å². The van der Waals surface area contributed by atoms with Gasteiger partial charge in [-0.15, -0.1) is 11.6 Å². The topological polar surface area (TPSA) is 17.1 Å². The largest absolute Gasteiger partial charge is 0.289 e. The summed E-state index contributed by atoms with van der Waals surface area (Å²) in [5, 5.41) is 0.585. The SMILES string of the molecule is O=C1c2ccccc2C(Cl)(c2ccccc2Cl)c2ccccc21. The van der Waals surface area contributed by atoms with Gasteiger partial charge in [0.15, 0.2) is 5.78 Å². The van der Waals surface area contributed by atoms with Crippen molar-refractivity contribution < 1.29 is 4.79 Å². The minimum Gasteiger partial charge on any atom is -0.289 e. The van der Waals surface area contributed by atoms with Gasteiger partial charge in [-0.05, 0) is 17.2 Å². The van der Waals surface area contributed by atoms with Crippen molar-refractivity contribution >= 4 is 29.0 Å². The molecule has 0 unspecified atom stereocenters. The van der Waals surface area contributed by atoms with Gasteiger partial charge in [0.2, 0.25) is 0 Å². The van der Waals surface area contributed by atoms with Crippen molar-refractivity contribution in [3.05, 3.63) is 106 Å². The maximum Gasteiger partial charge on any atom is 0.193 e. The highest BCUT2D eigenvalue weighted by Crippen LogP contribution is 2.50. The van der Waals surface area contributed by atoms with Crippen molar-refractivity contribution in [2.24, 2.45) is 0 Å². The molecule has 0 heterocycles. The molecular formula is C20H12Cl2O. The van der Waals surface area contributed by atoms with Crippen molar-refractivity contribution in [3.8, 4) is 0 Å². The van der Waals surface area contributed by atoms with Gasteiger partial charge in [0.05, 0.1) is 0 Å². The van der Waals surface area contributed by atoms with Gasteiger partial charge in [-0.25, -0.2) is 0 Å². The predicted molar refractivity (Wildman–Crippen MR) is 93.5 cm³/mol. The van der Waals surface area contributed by atoms with E-state index in [1.165, 1.54) is 0 Å². The summed E-state index contributed by atoms with van der Waals surface area (Å²) in [7, 11) is 0. The van der Waals surface area contributed by atoms with Gasteiger partial charge in [0.25, 0.3) is 0 Å². The van der Waals surface area contributed by atoms with Gasteiger partial charge < -0.3 is 0 Å². The third kappa shape index (κ3) is 1.97. The molecule has 0 spiro atoms. The quantitative estimate of drug-likeness (QED) is 0.542. The molecule has 0 fully saturated rings. The number of halogens is 2. The Morgan fingerprint density at radius 3 is 1.61 bits per heavy atom. The van der Waals surface area contributed by atoms with Crippen LogP contribution in [-0.4, -0.2) is 5.78 Å². The van der Waals surface area contributed by atoms with E-state index in [4.69, 9.17) is 23.2 Å². The first kappa shape index (κ1) is 14.5. The lowest BCUT2D eigenvalue weighted by Gasteiger charge is -2.36. The summed E-state index contributed by atoms with van der Waals surface area (Å²) >= 11 is 13.6. The molecule has 0 amide bonds. The summed E-state index contributed by atoms with van der Waals surface area (Å²) < 4.78 is 0. The van der Waals surface area contributed by atoms with Crippen LogP contribution in [-0.2, 0) is 4.87 Å². The van der Waals surface area contributed by atoms with E-state index in [2.05, 4.69) is 0 Å². The predicted octanol–water partition coefficient (Wildman–Crippen LogP) is 5.42. The summed E-state index contributed by atoms with van der Waals surface area (Å²) in [6.07, 6.45) is 0. The molecule has 0 aliphatic heterocycles. The van der Waals surface area contributed by atoms with E-state index in [9.17, 15) is 4.79 Å². The fourth-order valence-electron chi connectivity index (χ4n) is 3.28. The average molecular weight is 339 g/mol. The fourth-order valence-corrected chi connectivity index (χ4v) is 4.10. The molecule has 3 aromatic rings. The second kappa shape index (κ2) is 5.23. The summed E-state index contributed by atoms with van der Waals surface area (Å²) in [5.74, 6) is -0.000437. The third-order valence-corrected chi connectivity index (χ3v) is 5.27. The Morgan fingerprint density at radius 2 is 1.09 bits per heavy atom. The molecule has 0 saturated heterocycles. The highest BCUT2D eigenvalue weighted by Gasteiger charge is 2.44. The molecule has 0 N–H and O–H groups in total. The molecule has 1 nitrogen and oxygen atoms in total. The monoisotopic (exact) mass is 338 g/mol. The Kier molecular flexibility index (Phi) is 3.29. The first-order valence-corrected chi connectivity index (χ1v) is 8.07. The first-order chi connectivity index (χ1) is 11.1. The third-order valence-electron chi connectivity index (χ3n) is 4.33. The van der Waals surface area contributed by atoms with Crippen LogP contribution >= 0.6 is 23.2 Å². The number of benzene rings is 3. The van der Waals surface area contributed by atoms with Crippen LogP contribution in [0.25, 0.3) is 0 Å². The molecule has 0 aromatic heterocycles. The molecule has 4 rings (SSSR count). The Labute approximate surface area is 144 Å². The average Bonchev–Trinajstić information content (AvgIpc) is 2.60. The molecule has 0 bridgehead atoms. The number of ketones is 1. The van der Waals surface area contributed by atoms with Crippen LogP contribution in [0.4, 0.5) is 0 Å². The maximum absolute atomic E-state index is 12.8. The van der Waals surface area contributed by atoms with Crippen LogP contribution in [0.15, 0.2) is 72.8 Å². The standard InChI is InChI=1S/C20H12Cl2O/c21-18-12-6-5-11-17(18)20(22)15-9-3-1-7-13(15)19(23)14-8-2-4-10-16(14)20/h1-12H. The highest BCUT2D eigenvalue weighted by molar-refractivity contribution is 6.36. The van der Waals surface area contributed by atoms with Crippen molar-refractivity contribution in [1.82, 2.24) is 0 Å². The second-order valence-corrected chi connectivity index (χ2v) is 6.53. The summed E-state index contributed by atoms with van der Waals surface area (Å²) in [4.78, 5) is 11.8. The van der Waals surface area contributed by atoms with Crippen LogP contribution in [0.2, 0.25) is 5.02 Å². The molecule has 3 heteroatoms. The molecule has 23 heavy (non-hydrogen) atoms. The van der Waals surface area contributed by atoms with Gasteiger partial charge >= 0.3 is 0 Å². The lowest BCUT2D eigenvalue weighted by molar-refractivity contribution is 0.103. The molecule has 0 atom stereocenters. The van der Waals surface area contributed by atoms with E-state index >= 15 is 0 Å². The smallest absolute Gasteiger partial charge is 0.193 e. The van der Waals surface area contributed by atoms with Crippen molar-refractivity contribution in [2.75, 3.05) is 0 Å².